The molecular weight excluding hydrogens is 333 g/mol. The van der Waals surface area contributed by atoms with Crippen LogP contribution in [0, 0.1) is 5.82 Å². The maximum absolute atomic E-state index is 13.5. The lowest BCUT2D eigenvalue weighted by atomic mass is 10.1. The summed E-state index contributed by atoms with van der Waals surface area (Å²) in [6.45, 7) is 0.0380. The van der Waals surface area contributed by atoms with E-state index in [2.05, 4.69) is 21.2 Å². The highest BCUT2D eigenvalue weighted by atomic mass is 79.9. The highest BCUT2D eigenvalue weighted by molar-refractivity contribution is 9.10. The molecular formula is C13H11BrFNO2S. The fourth-order valence-electron chi connectivity index (χ4n) is 1.57. The molecule has 2 rings (SSSR count). The first-order valence-electron chi connectivity index (χ1n) is 5.52. The van der Waals surface area contributed by atoms with Crippen molar-refractivity contribution < 1.29 is 14.3 Å². The normalized spacial score (nSPS) is 12.2. The number of carbonyl (C=O) groups excluding carboxylic acids is 1. The van der Waals surface area contributed by atoms with Crippen molar-refractivity contribution >= 4 is 33.2 Å². The first-order chi connectivity index (χ1) is 9.09. The van der Waals surface area contributed by atoms with E-state index in [-0.39, 0.29) is 12.1 Å². The Labute approximate surface area is 122 Å². The molecule has 1 aromatic heterocycles. The number of carbonyl (C=O) groups is 1. The number of halogens is 2. The zero-order chi connectivity index (χ0) is 13.8. The summed E-state index contributed by atoms with van der Waals surface area (Å²) in [7, 11) is 0. The van der Waals surface area contributed by atoms with Crippen LogP contribution < -0.4 is 5.32 Å². The molecule has 2 N–H and O–H groups in total. The molecule has 1 heterocycles. The van der Waals surface area contributed by atoms with Gasteiger partial charge >= 0.3 is 0 Å². The van der Waals surface area contributed by atoms with Gasteiger partial charge in [-0.25, -0.2) is 4.39 Å². The van der Waals surface area contributed by atoms with Gasteiger partial charge in [-0.3, -0.25) is 4.79 Å². The molecule has 6 heteroatoms. The molecule has 0 saturated heterocycles. The number of benzene rings is 1. The van der Waals surface area contributed by atoms with Crippen molar-refractivity contribution in [2.75, 3.05) is 6.54 Å². The molecule has 0 fully saturated rings. The van der Waals surface area contributed by atoms with Crippen LogP contribution >= 0.6 is 27.3 Å². The second-order valence-corrected chi connectivity index (χ2v) is 5.51. The van der Waals surface area contributed by atoms with Gasteiger partial charge < -0.3 is 10.4 Å². The van der Waals surface area contributed by atoms with E-state index in [9.17, 15) is 14.3 Å². The second-order valence-electron chi connectivity index (χ2n) is 3.88. The molecule has 0 unspecified atom stereocenters. The lowest BCUT2D eigenvalue weighted by Gasteiger charge is -2.11. The molecule has 3 nitrogen and oxygen atoms in total. The summed E-state index contributed by atoms with van der Waals surface area (Å²) in [5.41, 5.74) is 0.679. The van der Waals surface area contributed by atoms with Crippen molar-refractivity contribution in [3.05, 3.63) is 56.4 Å². The van der Waals surface area contributed by atoms with E-state index >= 15 is 0 Å². The van der Waals surface area contributed by atoms with Crippen molar-refractivity contribution in [3.63, 3.8) is 0 Å². The van der Waals surface area contributed by atoms with E-state index in [1.807, 2.05) is 5.38 Å². The highest BCUT2D eigenvalue weighted by Gasteiger charge is 2.16. The van der Waals surface area contributed by atoms with E-state index < -0.39 is 17.8 Å². The van der Waals surface area contributed by atoms with E-state index in [0.717, 1.165) is 5.56 Å². The van der Waals surface area contributed by atoms with Gasteiger partial charge in [0.05, 0.1) is 11.7 Å². The third kappa shape index (κ3) is 3.40. The first-order valence-corrected chi connectivity index (χ1v) is 7.25. The van der Waals surface area contributed by atoms with Crippen LogP contribution in [0.4, 0.5) is 4.39 Å². The van der Waals surface area contributed by atoms with Gasteiger partial charge in [-0.05, 0) is 50.5 Å². The van der Waals surface area contributed by atoms with Gasteiger partial charge in [-0.15, -0.1) is 0 Å². The van der Waals surface area contributed by atoms with Gasteiger partial charge in [-0.1, -0.05) is 6.07 Å². The largest absolute Gasteiger partial charge is 0.387 e. The third-order valence-corrected chi connectivity index (χ3v) is 3.94. The molecule has 0 radical (unpaired) electrons. The van der Waals surface area contributed by atoms with Crippen molar-refractivity contribution in [1.82, 2.24) is 5.32 Å². The Bertz CT molecular complexity index is 554. The lowest BCUT2D eigenvalue weighted by molar-refractivity contribution is 0.0911. The van der Waals surface area contributed by atoms with Crippen LogP contribution in [0.5, 0.6) is 0 Å². The molecule has 0 aliphatic heterocycles. The summed E-state index contributed by atoms with van der Waals surface area (Å²) in [6, 6.07) is 6.10. The summed E-state index contributed by atoms with van der Waals surface area (Å²) in [5.74, 6) is -1.16. The van der Waals surface area contributed by atoms with Crippen LogP contribution in [0.15, 0.2) is 39.5 Å². The van der Waals surface area contributed by atoms with Crippen LogP contribution in [0.3, 0.4) is 0 Å². The Morgan fingerprint density at radius 2 is 2.26 bits per heavy atom. The fourth-order valence-corrected chi connectivity index (χ4v) is 2.80. The van der Waals surface area contributed by atoms with E-state index in [1.54, 1.807) is 17.5 Å². The van der Waals surface area contributed by atoms with Crippen LogP contribution in [0.2, 0.25) is 0 Å². The van der Waals surface area contributed by atoms with Crippen LogP contribution in [0.25, 0.3) is 0 Å². The summed E-state index contributed by atoms with van der Waals surface area (Å²) in [5, 5.41) is 16.0. The van der Waals surface area contributed by atoms with Gasteiger partial charge in [0.15, 0.2) is 0 Å². The molecule has 0 bridgehead atoms. The summed E-state index contributed by atoms with van der Waals surface area (Å²) < 4.78 is 13.9. The highest BCUT2D eigenvalue weighted by Crippen LogP contribution is 2.20. The van der Waals surface area contributed by atoms with Gasteiger partial charge in [0, 0.05) is 11.0 Å². The molecule has 1 amide bonds. The third-order valence-electron chi connectivity index (χ3n) is 2.57. The lowest BCUT2D eigenvalue weighted by Crippen LogP contribution is -2.29. The molecule has 19 heavy (non-hydrogen) atoms. The number of nitrogens with one attached hydrogen (secondary N) is 1. The first kappa shape index (κ1) is 14.2. The van der Waals surface area contributed by atoms with Crippen molar-refractivity contribution in [2.45, 2.75) is 6.10 Å². The van der Waals surface area contributed by atoms with Gasteiger partial charge in [0.2, 0.25) is 0 Å². The maximum Gasteiger partial charge on any atom is 0.255 e. The molecule has 1 aromatic carbocycles. The van der Waals surface area contributed by atoms with E-state index in [0.29, 0.717) is 4.47 Å². The fraction of sp³-hybridized carbons (Fsp3) is 0.154. The zero-order valence-corrected chi connectivity index (χ0v) is 12.2. The zero-order valence-electron chi connectivity index (χ0n) is 9.77. The summed E-state index contributed by atoms with van der Waals surface area (Å²) in [6.07, 6.45) is -0.791. The Balaban J connectivity index is 2.02. The monoisotopic (exact) mass is 343 g/mol. The predicted octanol–water partition coefficient (Wildman–Crippen LogP) is 3.11. The maximum atomic E-state index is 13.5. The molecule has 1 atom stereocenters. The Morgan fingerprint density at radius 3 is 2.89 bits per heavy atom. The number of rotatable bonds is 4. The standard InChI is InChI=1S/C13H11BrFNO2S/c14-9-2-1-3-10(15)12(9)13(18)16-6-11(17)8-4-5-19-7-8/h1-5,7,11,17H,6H2,(H,16,18)/t11-/m0/s1. The molecule has 0 spiro atoms. The van der Waals surface area contributed by atoms with Crippen molar-refractivity contribution in [1.29, 1.82) is 0 Å². The van der Waals surface area contributed by atoms with E-state index in [4.69, 9.17) is 0 Å². The summed E-state index contributed by atoms with van der Waals surface area (Å²) in [4.78, 5) is 11.9. The minimum atomic E-state index is -0.791. The van der Waals surface area contributed by atoms with Crippen LogP contribution in [-0.2, 0) is 0 Å². The van der Waals surface area contributed by atoms with E-state index in [1.165, 1.54) is 23.5 Å². The minimum Gasteiger partial charge on any atom is -0.387 e. The van der Waals surface area contributed by atoms with Gasteiger partial charge in [0.25, 0.3) is 5.91 Å². The molecule has 100 valence electrons. The molecule has 0 saturated carbocycles. The smallest absolute Gasteiger partial charge is 0.255 e. The molecule has 2 aromatic rings. The number of hydrogen-bond acceptors (Lipinski definition) is 3. The average Bonchev–Trinajstić information content (AvgIpc) is 2.89. The van der Waals surface area contributed by atoms with Gasteiger partial charge in [0.1, 0.15) is 5.82 Å². The average molecular weight is 344 g/mol. The van der Waals surface area contributed by atoms with Crippen molar-refractivity contribution in [2.24, 2.45) is 0 Å². The summed E-state index contributed by atoms with van der Waals surface area (Å²) >= 11 is 4.60. The second kappa shape index (κ2) is 6.27. The van der Waals surface area contributed by atoms with Crippen molar-refractivity contribution in [3.8, 4) is 0 Å². The predicted molar refractivity (Wildman–Crippen MR) is 75.7 cm³/mol. The topological polar surface area (TPSA) is 49.3 Å². The minimum absolute atomic E-state index is 0.0380. The SMILES string of the molecule is O=C(NC[C@H](O)c1ccsc1)c1c(F)cccc1Br. The quantitative estimate of drug-likeness (QED) is 0.895. The number of aliphatic hydroxyl groups excluding tert-OH is 1. The number of aliphatic hydroxyl groups is 1. The Hall–Kier alpha value is -1.24. The van der Waals surface area contributed by atoms with Crippen LogP contribution in [0.1, 0.15) is 22.0 Å². The molecule has 0 aliphatic rings. The number of amides is 1. The Morgan fingerprint density at radius 1 is 1.47 bits per heavy atom. The van der Waals surface area contributed by atoms with Crippen LogP contribution in [-0.4, -0.2) is 17.6 Å². The number of thiophene rings is 1. The Kier molecular flexibility index (Phi) is 4.68. The molecule has 0 aliphatic carbocycles. The number of hydrogen-bond donors (Lipinski definition) is 2. The van der Waals surface area contributed by atoms with Gasteiger partial charge in [-0.2, -0.15) is 11.3 Å².